The molecule has 0 aliphatic carbocycles. The third-order valence-corrected chi connectivity index (χ3v) is 0.444. The predicted octanol–water partition coefficient (Wildman–Crippen LogP) is -0.0143. The van der Waals surface area contributed by atoms with Crippen LogP contribution in [0.2, 0.25) is 0 Å². The first-order chi connectivity index (χ1) is 2.41. The van der Waals surface area contributed by atoms with Gasteiger partial charge in [0.25, 0.3) is 0 Å². The van der Waals surface area contributed by atoms with Crippen LogP contribution in [-0.2, 0) is 4.67 Å². The van der Waals surface area contributed by atoms with Crippen molar-refractivity contribution < 1.29 is 9.93 Å². The number of nitrogens with two attached hydrogens (primary N) is 1. The second-order valence-corrected chi connectivity index (χ2v) is 1.32. The summed E-state index contributed by atoms with van der Waals surface area (Å²) in [6, 6.07) is 0. The molecule has 0 rings (SSSR count). The van der Waals surface area contributed by atoms with Crippen molar-refractivity contribution in [2.24, 2.45) is 5.73 Å². The summed E-state index contributed by atoms with van der Waals surface area (Å²) in [5, 5.41) is 7.50. The third-order valence-electron chi connectivity index (χ3n) is 0.148. The summed E-state index contributed by atoms with van der Waals surface area (Å²) in [6.45, 7) is 0. The molecule has 3 nitrogen and oxygen atoms in total. The van der Waals surface area contributed by atoms with Crippen LogP contribution in [0.5, 0.6) is 0 Å². The fourth-order valence-electron chi connectivity index (χ4n) is 0.0373. The van der Waals surface area contributed by atoms with Gasteiger partial charge in [0, 0.05) is 6.29 Å². The van der Waals surface area contributed by atoms with Crippen LogP contribution in [0.25, 0.3) is 0 Å². The zero-order valence-corrected chi connectivity index (χ0v) is 3.64. The van der Waals surface area contributed by atoms with E-state index in [1.807, 2.05) is 0 Å². The molecule has 0 radical (unpaired) electrons. The first kappa shape index (κ1) is 5.31. The zero-order chi connectivity index (χ0) is 4.12. The van der Waals surface area contributed by atoms with E-state index in [0.717, 1.165) is 0 Å². The summed E-state index contributed by atoms with van der Waals surface area (Å²) in [7, 11) is 0.0309. The highest BCUT2D eigenvalue weighted by Crippen LogP contribution is 2.01. The Morgan fingerprint density at radius 1 is 2.00 bits per heavy atom. The molecule has 32 valence electrons. The molecule has 0 bridgehead atoms. The Morgan fingerprint density at radius 3 is 2.60 bits per heavy atom. The summed E-state index contributed by atoms with van der Waals surface area (Å²) in [6.07, 6.45) is 0.399. The molecule has 0 aromatic rings. The van der Waals surface area contributed by atoms with Gasteiger partial charge in [-0.15, -0.1) is 0 Å². The van der Waals surface area contributed by atoms with E-state index < -0.39 is 0 Å². The van der Waals surface area contributed by atoms with Crippen molar-refractivity contribution >= 4 is 8.81 Å². The van der Waals surface area contributed by atoms with E-state index in [1.54, 1.807) is 0 Å². The van der Waals surface area contributed by atoms with E-state index >= 15 is 0 Å². The number of rotatable bonds is 2. The molecular weight excluding hydrogens is 89.0 g/mol. The average Bonchev–Trinajstić information content (AvgIpc) is 1.41. The molecule has 0 heterocycles. The minimum atomic E-state index is 0.0309. The predicted molar refractivity (Wildman–Crippen MR) is 21.1 cm³/mol. The van der Waals surface area contributed by atoms with Crippen LogP contribution in [0.15, 0.2) is 0 Å². The lowest BCUT2D eigenvalue weighted by Crippen LogP contribution is -1.88. The molecule has 0 aliphatic rings. The first-order valence-corrected chi connectivity index (χ1v) is 2.26. The molecule has 1 atom stereocenters. The average molecular weight is 95.0 g/mol. The SMILES string of the molecule is NCPOO. The lowest BCUT2D eigenvalue weighted by Gasteiger charge is -1.82. The fraction of sp³-hybridized carbons (Fsp3) is 1.00. The number of hydrogen-bond acceptors (Lipinski definition) is 3. The Labute approximate surface area is 31.9 Å². The van der Waals surface area contributed by atoms with Crippen LogP contribution in [-0.4, -0.2) is 11.5 Å². The van der Waals surface area contributed by atoms with Crippen LogP contribution in [0.4, 0.5) is 0 Å². The lowest BCUT2D eigenvalue weighted by atomic mass is 11.6. The monoisotopic (exact) mass is 95.0 g/mol. The Bertz CT molecular complexity index is 17.1. The highest BCUT2D eigenvalue weighted by molar-refractivity contribution is 7.31. The van der Waals surface area contributed by atoms with Gasteiger partial charge in [-0.2, -0.15) is 0 Å². The van der Waals surface area contributed by atoms with Crippen molar-refractivity contribution in [1.29, 1.82) is 0 Å². The Balaban J connectivity index is 2.19. The molecule has 1 unspecified atom stereocenters. The van der Waals surface area contributed by atoms with Gasteiger partial charge in [-0.3, -0.25) is 0 Å². The van der Waals surface area contributed by atoms with Crippen LogP contribution >= 0.6 is 8.81 Å². The normalized spacial score (nSPS) is 10.8. The van der Waals surface area contributed by atoms with Gasteiger partial charge in [0.1, 0.15) is 0 Å². The second-order valence-electron chi connectivity index (χ2n) is 0.440. The van der Waals surface area contributed by atoms with Crippen molar-refractivity contribution in [3.63, 3.8) is 0 Å². The number of hydrogen-bond donors (Lipinski definition) is 2. The van der Waals surface area contributed by atoms with E-state index in [9.17, 15) is 0 Å². The van der Waals surface area contributed by atoms with Gasteiger partial charge in [-0.1, -0.05) is 0 Å². The Hall–Kier alpha value is 0.310. The zero-order valence-electron chi connectivity index (χ0n) is 2.64. The maximum atomic E-state index is 7.50. The molecule has 0 aromatic carbocycles. The molecule has 0 aliphatic heterocycles. The molecule has 4 heteroatoms. The van der Waals surface area contributed by atoms with Gasteiger partial charge in [0.15, 0.2) is 0 Å². The van der Waals surface area contributed by atoms with Gasteiger partial charge in [-0.05, 0) is 0 Å². The molecule has 0 amide bonds. The smallest absolute Gasteiger partial charge is 0.0702 e. The van der Waals surface area contributed by atoms with Crippen LogP contribution in [0.1, 0.15) is 0 Å². The van der Waals surface area contributed by atoms with Gasteiger partial charge < -0.3 is 5.73 Å². The highest BCUT2D eigenvalue weighted by atomic mass is 31.1. The van der Waals surface area contributed by atoms with Gasteiger partial charge >= 0.3 is 0 Å². The lowest BCUT2D eigenvalue weighted by molar-refractivity contribution is -0.122. The van der Waals surface area contributed by atoms with Crippen molar-refractivity contribution in [3.8, 4) is 0 Å². The third kappa shape index (κ3) is 4.31. The van der Waals surface area contributed by atoms with Crippen LogP contribution < -0.4 is 5.73 Å². The largest absolute Gasteiger partial charge is 0.325 e. The minimum Gasteiger partial charge on any atom is -0.325 e. The maximum Gasteiger partial charge on any atom is 0.0702 e. The van der Waals surface area contributed by atoms with Gasteiger partial charge in [0.2, 0.25) is 0 Å². The van der Waals surface area contributed by atoms with E-state index in [0.29, 0.717) is 6.29 Å². The minimum absolute atomic E-state index is 0.0309. The van der Waals surface area contributed by atoms with Crippen LogP contribution in [0.3, 0.4) is 0 Å². The Kier molecular flexibility index (Phi) is 4.58. The summed E-state index contributed by atoms with van der Waals surface area (Å²) < 4.78 is 3.59. The molecule has 0 saturated carbocycles. The molecule has 3 N–H and O–H groups in total. The quantitative estimate of drug-likeness (QED) is 0.288. The maximum absolute atomic E-state index is 7.50. The molecular formula is CH6NO2P. The van der Waals surface area contributed by atoms with Crippen molar-refractivity contribution in [2.75, 3.05) is 6.29 Å². The van der Waals surface area contributed by atoms with Crippen molar-refractivity contribution in [1.82, 2.24) is 0 Å². The fourth-order valence-corrected chi connectivity index (χ4v) is 0.112. The molecule has 0 saturated heterocycles. The van der Waals surface area contributed by atoms with Gasteiger partial charge in [-0.25, -0.2) is 9.93 Å². The molecule has 5 heavy (non-hydrogen) atoms. The van der Waals surface area contributed by atoms with Crippen molar-refractivity contribution in [3.05, 3.63) is 0 Å². The van der Waals surface area contributed by atoms with Crippen LogP contribution in [0, 0.1) is 0 Å². The van der Waals surface area contributed by atoms with E-state index in [2.05, 4.69) is 4.67 Å². The standard InChI is InChI=1S/CH6NO2P/c2-1-5-4-3/h3,5H,1-2H2. The van der Waals surface area contributed by atoms with E-state index in [1.165, 1.54) is 0 Å². The van der Waals surface area contributed by atoms with E-state index in [-0.39, 0.29) is 8.81 Å². The van der Waals surface area contributed by atoms with Crippen molar-refractivity contribution in [2.45, 2.75) is 0 Å². The summed E-state index contributed by atoms with van der Waals surface area (Å²) in [5.41, 5.74) is 4.87. The second kappa shape index (κ2) is 4.31. The first-order valence-electron chi connectivity index (χ1n) is 1.15. The molecule has 0 aromatic heterocycles. The summed E-state index contributed by atoms with van der Waals surface area (Å²) >= 11 is 0. The topological polar surface area (TPSA) is 55.5 Å². The summed E-state index contributed by atoms with van der Waals surface area (Å²) in [5.74, 6) is 0. The Morgan fingerprint density at radius 2 is 2.60 bits per heavy atom. The molecule has 0 fully saturated rings. The summed E-state index contributed by atoms with van der Waals surface area (Å²) in [4.78, 5) is 0. The highest BCUT2D eigenvalue weighted by Gasteiger charge is 1.68. The van der Waals surface area contributed by atoms with Gasteiger partial charge in [0.05, 0.1) is 8.81 Å². The van der Waals surface area contributed by atoms with E-state index in [4.69, 9.17) is 11.0 Å². The molecule has 0 spiro atoms.